The zero-order chi connectivity index (χ0) is 55.8. The van der Waals surface area contributed by atoms with E-state index >= 15 is 0 Å². The first-order valence-electron chi connectivity index (χ1n) is 25.3. The maximum absolute atomic E-state index is 12.9. The van der Waals surface area contributed by atoms with Crippen LogP contribution in [0.15, 0.2) is 78.5 Å². The molecule has 28 heteroatoms. The molecule has 6 rings (SSSR count). The van der Waals surface area contributed by atoms with Gasteiger partial charge in [0.05, 0.1) is 36.9 Å². The van der Waals surface area contributed by atoms with Crippen molar-refractivity contribution in [2.24, 2.45) is 30.0 Å². The van der Waals surface area contributed by atoms with E-state index in [-0.39, 0.29) is 85.3 Å². The van der Waals surface area contributed by atoms with Crippen LogP contribution in [0.25, 0.3) is 0 Å². The Labute approximate surface area is 456 Å². The zero-order valence-electron chi connectivity index (χ0n) is 42.5. The van der Waals surface area contributed by atoms with E-state index in [1.165, 1.54) is 36.7 Å². The molecule has 4 aliphatic heterocycles. The molecule has 0 aliphatic carbocycles. The van der Waals surface area contributed by atoms with Crippen LogP contribution in [0.1, 0.15) is 97.8 Å². The topological polar surface area (TPSA) is 395 Å². The summed E-state index contributed by atoms with van der Waals surface area (Å²) in [6.07, 6.45) is 10.2. The number of nitrogens with zero attached hydrogens (tertiary/aromatic N) is 6. The van der Waals surface area contributed by atoms with Crippen molar-refractivity contribution < 1.29 is 48.6 Å². The molecule has 0 saturated carbocycles. The van der Waals surface area contributed by atoms with Gasteiger partial charge < -0.3 is 42.1 Å². The van der Waals surface area contributed by atoms with Gasteiger partial charge in [-0.15, -0.1) is 0 Å². The van der Waals surface area contributed by atoms with Crippen LogP contribution in [-0.2, 0) is 28.8 Å². The zero-order valence-corrected chi connectivity index (χ0v) is 44.1. The van der Waals surface area contributed by atoms with Crippen LogP contribution in [0, 0.1) is 10.8 Å². The van der Waals surface area contributed by atoms with Crippen molar-refractivity contribution in [1.82, 2.24) is 31.9 Å². The molecule has 0 saturated heterocycles. The van der Waals surface area contributed by atoms with E-state index in [4.69, 9.17) is 10.8 Å². The highest BCUT2D eigenvalue weighted by Crippen LogP contribution is 2.24. The quantitative estimate of drug-likeness (QED) is 0.0361. The summed E-state index contributed by atoms with van der Waals surface area (Å²) in [6.45, 7) is 1.40. The number of fused-ring (bicyclic) bond motifs is 2. The molecule has 0 aromatic heterocycles. The lowest BCUT2D eigenvalue weighted by Crippen LogP contribution is -2.47. The summed E-state index contributed by atoms with van der Waals surface area (Å²) in [7, 11) is 3.66. The van der Waals surface area contributed by atoms with Gasteiger partial charge in [-0.25, -0.2) is 19.6 Å². The van der Waals surface area contributed by atoms with Crippen LogP contribution >= 0.6 is 21.6 Å². The number of carboxylic acid groups (broad SMARTS) is 2. The van der Waals surface area contributed by atoms with Crippen molar-refractivity contribution in [2.75, 3.05) is 48.3 Å². The van der Waals surface area contributed by atoms with Gasteiger partial charge in [0.25, 0.3) is 23.6 Å². The van der Waals surface area contributed by atoms with Gasteiger partial charge >= 0.3 is 11.9 Å². The van der Waals surface area contributed by atoms with E-state index in [1.54, 1.807) is 24.3 Å². The molecule has 78 heavy (non-hydrogen) atoms. The van der Waals surface area contributed by atoms with Gasteiger partial charge in [0.15, 0.2) is 23.8 Å². The number of carbonyl (C=O) groups is 8. The SMILES string of the molecule is N=C1N=C2N=CC(CNc3ccc(C(=O)N[C@@H](CCC(=O)NCCCCCCSSCCCCCCNC(=O)CC[C@H](NC(=O)c4ccc(NCC5=NC6C(=O)NC(=N)N=C6N=C5)cc4)C(=O)O)C(=O)O)cc3)=NC2C(=O)N1. The van der Waals surface area contributed by atoms with Crippen molar-refractivity contribution in [3.05, 3.63) is 59.7 Å². The highest BCUT2D eigenvalue weighted by Gasteiger charge is 2.33. The summed E-state index contributed by atoms with van der Waals surface area (Å²) in [5.41, 5.74) is 2.70. The maximum Gasteiger partial charge on any atom is 0.326 e. The Balaban J connectivity index is 0.714. The number of carboxylic acids is 2. The van der Waals surface area contributed by atoms with Crippen LogP contribution in [0.4, 0.5) is 11.4 Å². The Morgan fingerprint density at radius 2 is 0.949 bits per heavy atom. The third-order valence-electron chi connectivity index (χ3n) is 12.0. The third kappa shape index (κ3) is 19.5. The number of benzene rings is 2. The van der Waals surface area contributed by atoms with Gasteiger partial charge in [-0.05, 0) is 87.1 Å². The molecule has 0 bridgehead atoms. The van der Waals surface area contributed by atoms with Crippen LogP contribution < -0.4 is 42.5 Å². The smallest absolute Gasteiger partial charge is 0.326 e. The molecular weight excluding hydrogens is 1050 g/mol. The number of unbranched alkanes of at least 4 members (excludes halogenated alkanes) is 6. The normalized spacial score (nSPS) is 17.0. The first-order chi connectivity index (χ1) is 37.6. The molecule has 2 aromatic rings. The Hall–Kier alpha value is -8.14. The highest BCUT2D eigenvalue weighted by molar-refractivity contribution is 8.76. The fraction of sp³-hybridized carbons (Fsp3) is 0.440. The number of carbonyl (C=O) groups excluding carboxylic acids is 6. The van der Waals surface area contributed by atoms with E-state index in [0.717, 1.165) is 62.9 Å². The van der Waals surface area contributed by atoms with Gasteiger partial charge in [0.1, 0.15) is 12.1 Å². The molecule has 4 heterocycles. The first-order valence-corrected chi connectivity index (χ1v) is 27.8. The van der Waals surface area contributed by atoms with Crippen molar-refractivity contribution in [3.8, 4) is 0 Å². The van der Waals surface area contributed by atoms with Crippen LogP contribution in [0.3, 0.4) is 0 Å². The second kappa shape index (κ2) is 30.6. The standard InChI is InChI=1S/C50H62N16O10S2/c51-49-63-41-39(45(71)65-49)59-33(27-57-41)25-55-31-13-9-29(10-14-31)43(69)61-35(47(73)74)17-19-37(67)53-21-5-1-3-7-23-77-78-24-8-4-2-6-22-54-38(68)20-18-36(48(75)76)62-44(70)30-11-15-32(16-12-30)56-26-34-28-58-42-40(60-34)46(72)66-50(52)64-42/h9-16,27-28,35-36,39-40,55-56H,1-8,17-26H2,(H,53,67)(H,54,68)(H,61,69)(H,62,70)(H,73,74)(H,75,76)(H2,51,65,71)(H2,52,66,72)/t35-,36-,39?,40?/m0/s1. The average Bonchev–Trinajstić information content (AvgIpc) is 3.41. The van der Waals surface area contributed by atoms with Gasteiger partial charge in [-0.1, -0.05) is 47.3 Å². The number of nitrogens with one attached hydrogen (secondary N) is 10. The number of aliphatic carboxylic acids is 2. The van der Waals surface area contributed by atoms with E-state index in [9.17, 15) is 48.6 Å². The van der Waals surface area contributed by atoms with E-state index in [2.05, 4.69) is 72.5 Å². The third-order valence-corrected chi connectivity index (χ3v) is 14.6. The van der Waals surface area contributed by atoms with E-state index in [0.29, 0.717) is 35.9 Å². The minimum absolute atomic E-state index is 0.0634. The number of aliphatic imine (C=N–C) groups is 6. The summed E-state index contributed by atoms with van der Waals surface area (Å²) >= 11 is 0. The molecule has 0 radical (unpaired) electrons. The van der Waals surface area contributed by atoms with E-state index in [1.807, 2.05) is 21.6 Å². The number of anilines is 2. The number of rotatable bonds is 33. The molecule has 12 N–H and O–H groups in total. The predicted octanol–water partition coefficient (Wildman–Crippen LogP) is 2.59. The van der Waals surface area contributed by atoms with E-state index < -0.39 is 59.7 Å². The minimum atomic E-state index is -1.26. The molecule has 2 aromatic carbocycles. The predicted molar refractivity (Wildman–Crippen MR) is 300 cm³/mol. The molecule has 6 amide bonds. The Bertz CT molecular complexity index is 2580. The van der Waals surface area contributed by atoms with Gasteiger partial charge in [0, 0.05) is 59.9 Å². The summed E-state index contributed by atoms with van der Waals surface area (Å²) in [5, 5.41) is 55.9. The van der Waals surface area contributed by atoms with Crippen LogP contribution in [0.5, 0.6) is 0 Å². The lowest BCUT2D eigenvalue weighted by atomic mass is 10.1. The van der Waals surface area contributed by atoms with Crippen molar-refractivity contribution in [2.45, 2.75) is 101 Å². The Morgan fingerprint density at radius 3 is 1.33 bits per heavy atom. The number of amidine groups is 2. The monoisotopic (exact) mass is 1110 g/mol. The second-order valence-corrected chi connectivity index (χ2v) is 20.7. The van der Waals surface area contributed by atoms with Crippen molar-refractivity contribution >= 4 is 128 Å². The summed E-state index contributed by atoms with van der Waals surface area (Å²) < 4.78 is 0. The minimum Gasteiger partial charge on any atom is -0.480 e. The van der Waals surface area contributed by atoms with Crippen molar-refractivity contribution in [1.29, 1.82) is 10.8 Å². The lowest BCUT2D eigenvalue weighted by Gasteiger charge is -2.21. The first kappa shape index (κ1) is 59.1. The summed E-state index contributed by atoms with van der Waals surface area (Å²) in [4.78, 5) is 123. The molecule has 4 atom stereocenters. The summed E-state index contributed by atoms with van der Waals surface area (Å²) in [5.74, 6) is -3.51. The molecule has 0 fully saturated rings. The maximum atomic E-state index is 12.9. The molecular formula is C50H62N16O10S2. The lowest BCUT2D eigenvalue weighted by molar-refractivity contribution is -0.140. The van der Waals surface area contributed by atoms with Gasteiger partial charge in [0.2, 0.25) is 23.7 Å². The Kier molecular flexibility index (Phi) is 23.2. The molecule has 4 aliphatic rings. The highest BCUT2D eigenvalue weighted by atomic mass is 33.1. The van der Waals surface area contributed by atoms with Crippen LogP contribution in [-0.4, -0.2) is 167 Å². The molecule has 26 nitrogen and oxygen atoms in total. The second-order valence-electron chi connectivity index (χ2n) is 18.0. The molecule has 414 valence electrons. The number of hydrogen-bond donors (Lipinski definition) is 12. The Morgan fingerprint density at radius 1 is 0.564 bits per heavy atom. The molecule has 0 spiro atoms. The van der Waals surface area contributed by atoms with Crippen molar-refractivity contribution in [3.63, 3.8) is 0 Å². The van der Waals surface area contributed by atoms with Crippen LogP contribution in [0.2, 0.25) is 0 Å². The number of amides is 6. The van der Waals surface area contributed by atoms with Gasteiger partial charge in [-0.3, -0.25) is 60.2 Å². The molecule has 2 unspecified atom stereocenters. The fourth-order valence-electron chi connectivity index (χ4n) is 7.75. The average molecular weight is 1110 g/mol. The largest absolute Gasteiger partial charge is 0.480 e. The fourth-order valence-corrected chi connectivity index (χ4v) is 10.0. The number of hydrogen-bond acceptors (Lipinski definition) is 18. The summed E-state index contributed by atoms with van der Waals surface area (Å²) in [6, 6.07) is 8.30. The van der Waals surface area contributed by atoms with Gasteiger partial charge in [-0.2, -0.15) is 9.98 Å². The number of guanidine groups is 2.